The zero-order valence-electron chi connectivity index (χ0n) is 26.6. The first-order chi connectivity index (χ1) is 22.4. The largest absolute Gasteiger partial charge is 0.471 e. The lowest BCUT2D eigenvalue weighted by atomic mass is 9.68. The molecular formula is C35H40F4N4O4. The first kappa shape index (κ1) is 34.2. The Bertz CT molecular complexity index is 1660. The number of carbonyl (C=O) groups is 3. The number of ether oxygens (including phenoxy) is 1. The maximum atomic E-state index is 14.9. The summed E-state index contributed by atoms with van der Waals surface area (Å²) < 4.78 is 59.9. The van der Waals surface area contributed by atoms with E-state index >= 15 is 0 Å². The number of aromatic nitrogens is 1. The molecule has 3 aromatic rings. The van der Waals surface area contributed by atoms with Crippen molar-refractivity contribution < 1.29 is 36.7 Å². The number of rotatable bonds is 11. The molecule has 1 aromatic heterocycles. The molecule has 1 aliphatic heterocycles. The van der Waals surface area contributed by atoms with Crippen LogP contribution in [0.3, 0.4) is 0 Å². The molecule has 2 aliphatic rings. The Morgan fingerprint density at radius 2 is 1.85 bits per heavy atom. The first-order valence-electron chi connectivity index (χ1n) is 16.0. The smallest absolute Gasteiger partial charge is 0.383 e. The summed E-state index contributed by atoms with van der Waals surface area (Å²) in [7, 11) is 1.60. The molecule has 2 N–H and O–H groups in total. The van der Waals surface area contributed by atoms with Crippen molar-refractivity contribution in [3.63, 3.8) is 0 Å². The molecule has 2 fully saturated rings. The number of alkyl halides is 3. The number of carbonyl (C=O) groups excluding carboxylic acids is 3. The van der Waals surface area contributed by atoms with Crippen molar-refractivity contribution in [2.24, 2.45) is 11.8 Å². The highest BCUT2D eigenvalue weighted by molar-refractivity contribution is 6.14. The second kappa shape index (κ2) is 14.3. The fraction of sp³-hybridized carbons (Fsp3) is 0.457. The van der Waals surface area contributed by atoms with E-state index in [0.717, 1.165) is 30.4 Å². The van der Waals surface area contributed by atoms with Gasteiger partial charge in [-0.25, -0.2) is 4.39 Å². The molecule has 252 valence electrons. The lowest BCUT2D eigenvalue weighted by Crippen LogP contribution is -2.38. The molecule has 0 spiro atoms. The fourth-order valence-corrected chi connectivity index (χ4v) is 6.71. The van der Waals surface area contributed by atoms with Crippen LogP contribution < -0.4 is 10.6 Å². The van der Waals surface area contributed by atoms with Gasteiger partial charge in [0.25, 0.3) is 5.91 Å². The second-order valence-corrected chi connectivity index (χ2v) is 12.4. The summed E-state index contributed by atoms with van der Waals surface area (Å²) in [6.45, 7) is 7.46. The molecular weight excluding hydrogens is 616 g/mol. The molecule has 47 heavy (non-hydrogen) atoms. The number of fused-ring (bicyclic) bond motifs is 1. The van der Waals surface area contributed by atoms with E-state index in [9.17, 15) is 31.9 Å². The van der Waals surface area contributed by atoms with Crippen LogP contribution in [0.5, 0.6) is 0 Å². The van der Waals surface area contributed by atoms with Crippen LogP contribution in [0.4, 0.5) is 23.2 Å². The normalized spacial score (nSPS) is 18.7. The van der Waals surface area contributed by atoms with Crippen LogP contribution in [0.1, 0.15) is 66.4 Å². The number of anilines is 1. The van der Waals surface area contributed by atoms with Gasteiger partial charge in [0.05, 0.1) is 29.3 Å². The van der Waals surface area contributed by atoms with Gasteiger partial charge in [0.2, 0.25) is 5.91 Å². The highest BCUT2D eigenvalue weighted by Crippen LogP contribution is 2.42. The third kappa shape index (κ3) is 7.37. The minimum atomic E-state index is -5.01. The maximum absolute atomic E-state index is 14.9. The van der Waals surface area contributed by atoms with E-state index in [-0.39, 0.29) is 30.2 Å². The zero-order chi connectivity index (χ0) is 33.9. The van der Waals surface area contributed by atoms with E-state index in [2.05, 4.69) is 18.8 Å². The van der Waals surface area contributed by atoms with Crippen molar-refractivity contribution in [2.75, 3.05) is 32.1 Å². The number of likely N-dealkylation sites (tertiary alicyclic amines) is 1. The summed E-state index contributed by atoms with van der Waals surface area (Å²) in [6.07, 6.45) is 0.455. The summed E-state index contributed by atoms with van der Waals surface area (Å²) in [5.74, 6) is -3.08. The molecule has 12 heteroatoms. The highest BCUT2D eigenvalue weighted by Gasteiger charge is 2.39. The molecule has 1 saturated heterocycles. The molecule has 5 rings (SSSR count). The van der Waals surface area contributed by atoms with Crippen LogP contribution in [0.15, 0.2) is 54.7 Å². The van der Waals surface area contributed by atoms with E-state index < -0.39 is 17.9 Å². The van der Waals surface area contributed by atoms with Crippen LogP contribution >= 0.6 is 0 Å². The number of hydrogen-bond acceptors (Lipinski definition) is 4. The topological polar surface area (TPSA) is 92.7 Å². The number of methoxy groups -OCH3 is 1. The lowest BCUT2D eigenvalue weighted by molar-refractivity contribution is -0.173. The Kier molecular flexibility index (Phi) is 10.4. The molecule has 1 aliphatic carbocycles. The van der Waals surface area contributed by atoms with Gasteiger partial charge in [-0.1, -0.05) is 43.7 Å². The van der Waals surface area contributed by atoms with E-state index in [1.165, 1.54) is 18.2 Å². The van der Waals surface area contributed by atoms with Gasteiger partial charge in [-0.05, 0) is 66.8 Å². The van der Waals surface area contributed by atoms with Gasteiger partial charge in [-0.3, -0.25) is 14.4 Å². The minimum Gasteiger partial charge on any atom is -0.383 e. The summed E-state index contributed by atoms with van der Waals surface area (Å²) >= 11 is 0. The quantitative estimate of drug-likeness (QED) is 0.181. The van der Waals surface area contributed by atoms with Gasteiger partial charge >= 0.3 is 12.1 Å². The summed E-state index contributed by atoms with van der Waals surface area (Å²) in [4.78, 5) is 40.3. The van der Waals surface area contributed by atoms with E-state index in [0.29, 0.717) is 72.8 Å². The summed E-state index contributed by atoms with van der Waals surface area (Å²) in [5, 5.41) is 5.52. The third-order valence-corrected chi connectivity index (χ3v) is 9.37. The molecule has 2 atom stereocenters. The molecule has 0 radical (unpaired) electrons. The number of halogens is 4. The average Bonchev–Trinajstić information content (AvgIpc) is 3.43. The number of hydrogen-bond donors (Lipinski definition) is 2. The lowest BCUT2D eigenvalue weighted by Gasteiger charge is -2.37. The van der Waals surface area contributed by atoms with Crippen LogP contribution in [0.2, 0.25) is 0 Å². The Labute approximate surface area is 271 Å². The predicted octanol–water partition coefficient (Wildman–Crippen LogP) is 6.56. The monoisotopic (exact) mass is 656 g/mol. The average molecular weight is 657 g/mol. The van der Waals surface area contributed by atoms with Crippen LogP contribution in [-0.4, -0.2) is 60.2 Å². The van der Waals surface area contributed by atoms with E-state index in [1.54, 1.807) is 24.3 Å². The number of nitrogens with one attached hydrogen (secondary N) is 2. The van der Waals surface area contributed by atoms with Crippen molar-refractivity contribution >= 4 is 34.3 Å². The summed E-state index contributed by atoms with van der Waals surface area (Å²) in [6, 6.07) is 9.54. The highest BCUT2D eigenvalue weighted by atomic mass is 19.4. The van der Waals surface area contributed by atoms with Crippen molar-refractivity contribution in [1.82, 2.24) is 14.8 Å². The molecule has 1 saturated carbocycles. The third-order valence-electron chi connectivity index (χ3n) is 9.37. The SMILES string of the molecule is C=C1C(CCC)CC1C(=O)Nc1cccc2c1c(C(=O)N1CCC(c3cc(CNC(=O)C(F)(F)F)ccc3F)CC1)cn2CCOC. The van der Waals surface area contributed by atoms with Gasteiger partial charge in [0.1, 0.15) is 5.82 Å². The summed E-state index contributed by atoms with van der Waals surface area (Å²) in [5.41, 5.74) is 3.41. The Morgan fingerprint density at radius 3 is 2.51 bits per heavy atom. The number of nitrogens with zero attached hydrogens (tertiary/aromatic N) is 2. The zero-order valence-corrected chi connectivity index (χ0v) is 26.6. The molecule has 0 bridgehead atoms. The van der Waals surface area contributed by atoms with E-state index in [4.69, 9.17) is 4.74 Å². The minimum absolute atomic E-state index is 0.138. The molecule has 8 nitrogen and oxygen atoms in total. The number of piperidine rings is 1. The van der Waals surface area contributed by atoms with Crippen molar-refractivity contribution in [3.8, 4) is 0 Å². The van der Waals surface area contributed by atoms with Gasteiger partial charge in [-0.15, -0.1) is 0 Å². The van der Waals surface area contributed by atoms with E-state index in [1.807, 2.05) is 22.0 Å². The van der Waals surface area contributed by atoms with Gasteiger partial charge < -0.3 is 24.8 Å². The van der Waals surface area contributed by atoms with Crippen LogP contribution in [-0.2, 0) is 27.4 Å². The second-order valence-electron chi connectivity index (χ2n) is 12.4. The number of benzene rings is 2. The molecule has 2 heterocycles. The molecule has 3 amide bonds. The van der Waals surface area contributed by atoms with Crippen molar-refractivity contribution in [1.29, 1.82) is 0 Å². The van der Waals surface area contributed by atoms with Crippen LogP contribution in [0, 0.1) is 17.7 Å². The van der Waals surface area contributed by atoms with Gasteiger partial charge in [0.15, 0.2) is 0 Å². The standard InChI is InChI=1S/C35H40F4N4O4/c1-4-6-24-18-25(21(24)2)32(44)41-29-7-5-8-30-31(29)27(20-43(30)15-16-47-3)33(45)42-13-11-23(12-14-42)26-17-22(9-10-28(26)36)19-40-34(46)35(37,38)39/h5,7-10,17,20,23-25H,2,4,6,11-16,18-19H2,1,3H3,(H,40,46)(H,41,44). The first-order valence-corrected chi connectivity index (χ1v) is 16.0. The predicted molar refractivity (Wildman–Crippen MR) is 170 cm³/mol. The molecule has 2 aromatic carbocycles. The van der Waals surface area contributed by atoms with Crippen molar-refractivity contribution in [3.05, 3.63) is 77.3 Å². The number of amides is 3. The Balaban J connectivity index is 1.32. The van der Waals surface area contributed by atoms with Gasteiger partial charge in [0, 0.05) is 44.9 Å². The van der Waals surface area contributed by atoms with Crippen molar-refractivity contribution in [2.45, 2.75) is 64.2 Å². The van der Waals surface area contributed by atoms with Crippen LogP contribution in [0.25, 0.3) is 10.9 Å². The molecule has 2 unspecified atom stereocenters. The Hall–Kier alpha value is -4.19. The maximum Gasteiger partial charge on any atom is 0.471 e. The fourth-order valence-electron chi connectivity index (χ4n) is 6.71. The van der Waals surface area contributed by atoms with Gasteiger partial charge in [-0.2, -0.15) is 13.2 Å². The Morgan fingerprint density at radius 1 is 1.11 bits per heavy atom.